The van der Waals surface area contributed by atoms with E-state index >= 15 is 0 Å². The fourth-order valence-electron chi connectivity index (χ4n) is 4.63. The first-order chi connectivity index (χ1) is 16.1. The summed E-state index contributed by atoms with van der Waals surface area (Å²) >= 11 is 1.82. The smallest absolute Gasteiger partial charge is 0.253 e. The highest BCUT2D eigenvalue weighted by atomic mass is 32.1. The Kier molecular flexibility index (Phi) is 7.68. The van der Waals surface area contributed by atoms with Crippen LogP contribution in [0.1, 0.15) is 41.9 Å². The Balaban J connectivity index is 1.54. The predicted octanol–water partition coefficient (Wildman–Crippen LogP) is 5.74. The van der Waals surface area contributed by atoms with Gasteiger partial charge in [0.25, 0.3) is 5.91 Å². The molecule has 1 aromatic heterocycles. The molecular weight excluding hydrogens is 430 g/mol. The molecule has 1 fully saturated rings. The van der Waals surface area contributed by atoms with Gasteiger partial charge in [-0.25, -0.2) is 0 Å². The molecule has 0 saturated carbocycles. The molecule has 0 spiro atoms. The number of phenolic OH excluding ortho intramolecular Hbond substituents is 1. The minimum Gasteiger partial charge on any atom is -0.508 e. The highest BCUT2D eigenvalue weighted by molar-refractivity contribution is 7.09. The van der Waals surface area contributed by atoms with E-state index in [1.807, 2.05) is 72.5 Å². The van der Waals surface area contributed by atoms with Gasteiger partial charge in [0, 0.05) is 66.6 Å². The Labute approximate surface area is 200 Å². The van der Waals surface area contributed by atoms with E-state index < -0.39 is 0 Å². The second kappa shape index (κ2) is 10.9. The number of hydrogen-bond acceptors (Lipinski definition) is 5. The number of carbonyl (C=O) groups excluding carboxylic acids is 1. The molecule has 2 heterocycles. The number of rotatable bonds is 8. The van der Waals surface area contributed by atoms with Gasteiger partial charge >= 0.3 is 0 Å². The van der Waals surface area contributed by atoms with Crippen LogP contribution >= 0.6 is 11.3 Å². The molecule has 0 atom stereocenters. The molecule has 0 aliphatic carbocycles. The summed E-state index contributed by atoms with van der Waals surface area (Å²) in [5, 5.41) is 12.3. The van der Waals surface area contributed by atoms with Gasteiger partial charge in [0.15, 0.2) is 0 Å². The summed E-state index contributed by atoms with van der Waals surface area (Å²) in [6.07, 6.45) is 2.09. The maximum Gasteiger partial charge on any atom is 0.253 e. The molecule has 1 saturated heterocycles. The van der Waals surface area contributed by atoms with Crippen LogP contribution in [-0.4, -0.2) is 53.0 Å². The molecule has 1 aliphatic heterocycles. The van der Waals surface area contributed by atoms with Crippen LogP contribution in [0.5, 0.6) is 5.75 Å². The lowest BCUT2D eigenvalue weighted by atomic mass is 10.0. The van der Waals surface area contributed by atoms with E-state index in [4.69, 9.17) is 0 Å². The van der Waals surface area contributed by atoms with Gasteiger partial charge in [0.2, 0.25) is 0 Å². The Morgan fingerprint density at radius 3 is 2.33 bits per heavy atom. The third-order valence-corrected chi connectivity index (χ3v) is 7.29. The molecule has 2 aromatic carbocycles. The van der Waals surface area contributed by atoms with Gasteiger partial charge in [-0.15, -0.1) is 11.3 Å². The van der Waals surface area contributed by atoms with Gasteiger partial charge < -0.3 is 14.9 Å². The zero-order valence-electron chi connectivity index (χ0n) is 19.5. The van der Waals surface area contributed by atoms with Crippen LogP contribution in [0.25, 0.3) is 0 Å². The normalized spacial score (nSPS) is 14.8. The monoisotopic (exact) mass is 463 g/mol. The third-order valence-electron chi connectivity index (χ3n) is 6.43. The van der Waals surface area contributed by atoms with Crippen LogP contribution in [0.15, 0.2) is 66.0 Å². The predicted molar refractivity (Wildman–Crippen MR) is 137 cm³/mol. The molecule has 1 N–H and O–H groups in total. The van der Waals surface area contributed by atoms with Crippen LogP contribution in [-0.2, 0) is 6.54 Å². The molecule has 4 rings (SSSR count). The minimum absolute atomic E-state index is 0.0670. The molecule has 0 unspecified atom stereocenters. The van der Waals surface area contributed by atoms with E-state index in [0.717, 1.165) is 43.9 Å². The van der Waals surface area contributed by atoms with Crippen LogP contribution in [0.4, 0.5) is 11.4 Å². The molecule has 5 nitrogen and oxygen atoms in total. The number of likely N-dealkylation sites (tertiary alicyclic amines) is 1. The number of anilines is 2. The van der Waals surface area contributed by atoms with E-state index in [9.17, 15) is 9.90 Å². The molecular formula is C27H33N3O2S. The van der Waals surface area contributed by atoms with E-state index in [2.05, 4.69) is 27.3 Å². The van der Waals surface area contributed by atoms with E-state index in [1.54, 1.807) is 6.07 Å². The van der Waals surface area contributed by atoms with E-state index in [0.29, 0.717) is 24.7 Å². The SMILES string of the molecule is CCN(CC)C(=O)c1ccc(N(c2cccc(O)c2)C2CCN(Cc3cccs3)CC2)cc1. The first-order valence-corrected chi connectivity index (χ1v) is 12.7. The third kappa shape index (κ3) is 5.57. The van der Waals surface area contributed by atoms with Crippen molar-refractivity contribution in [2.75, 3.05) is 31.1 Å². The molecule has 1 amide bonds. The van der Waals surface area contributed by atoms with Crippen LogP contribution in [0.2, 0.25) is 0 Å². The number of nitrogens with zero attached hydrogens (tertiary/aromatic N) is 3. The first-order valence-electron chi connectivity index (χ1n) is 11.8. The number of carbonyl (C=O) groups is 1. The lowest BCUT2D eigenvalue weighted by Crippen LogP contribution is -2.42. The van der Waals surface area contributed by atoms with Crippen LogP contribution in [0.3, 0.4) is 0 Å². The molecule has 174 valence electrons. The van der Waals surface area contributed by atoms with Gasteiger partial charge in [0.1, 0.15) is 5.75 Å². The molecule has 6 heteroatoms. The Bertz CT molecular complexity index is 1020. The summed E-state index contributed by atoms with van der Waals surface area (Å²) in [5.74, 6) is 0.332. The lowest BCUT2D eigenvalue weighted by Gasteiger charge is -2.40. The summed E-state index contributed by atoms with van der Waals surface area (Å²) in [5.41, 5.74) is 2.74. The second-order valence-electron chi connectivity index (χ2n) is 8.50. The summed E-state index contributed by atoms with van der Waals surface area (Å²) in [6, 6.07) is 20.1. The highest BCUT2D eigenvalue weighted by Gasteiger charge is 2.27. The summed E-state index contributed by atoms with van der Waals surface area (Å²) in [6.45, 7) is 8.51. The van der Waals surface area contributed by atoms with Gasteiger partial charge in [-0.1, -0.05) is 12.1 Å². The average Bonchev–Trinajstić information content (AvgIpc) is 3.35. The number of phenols is 1. The Hall–Kier alpha value is -2.83. The van der Waals surface area contributed by atoms with Gasteiger partial charge in [-0.3, -0.25) is 9.69 Å². The molecule has 0 radical (unpaired) electrons. The van der Waals surface area contributed by atoms with Crippen molar-refractivity contribution in [3.63, 3.8) is 0 Å². The molecule has 3 aromatic rings. The molecule has 1 aliphatic rings. The number of aromatic hydroxyl groups is 1. The Morgan fingerprint density at radius 1 is 1.00 bits per heavy atom. The van der Waals surface area contributed by atoms with Crippen molar-refractivity contribution < 1.29 is 9.90 Å². The number of thiophene rings is 1. The van der Waals surface area contributed by atoms with Crippen molar-refractivity contribution in [1.29, 1.82) is 0 Å². The molecule has 33 heavy (non-hydrogen) atoms. The van der Waals surface area contributed by atoms with Gasteiger partial charge in [0.05, 0.1) is 0 Å². The van der Waals surface area contributed by atoms with E-state index in [1.165, 1.54) is 4.88 Å². The summed E-state index contributed by atoms with van der Waals surface area (Å²) in [4.78, 5) is 20.8. The average molecular weight is 464 g/mol. The highest BCUT2D eigenvalue weighted by Crippen LogP contribution is 2.34. The lowest BCUT2D eigenvalue weighted by molar-refractivity contribution is 0.0773. The fraction of sp³-hybridized carbons (Fsp3) is 0.370. The van der Waals surface area contributed by atoms with Crippen LogP contribution < -0.4 is 4.90 Å². The zero-order valence-corrected chi connectivity index (χ0v) is 20.3. The van der Waals surface area contributed by atoms with Crippen LogP contribution in [0, 0.1) is 0 Å². The maximum absolute atomic E-state index is 12.7. The van der Waals surface area contributed by atoms with Crippen molar-refractivity contribution in [2.45, 2.75) is 39.3 Å². The second-order valence-corrected chi connectivity index (χ2v) is 9.53. The number of hydrogen-bond donors (Lipinski definition) is 1. The largest absolute Gasteiger partial charge is 0.508 e. The van der Waals surface area contributed by atoms with Crippen molar-refractivity contribution in [3.05, 3.63) is 76.5 Å². The zero-order chi connectivity index (χ0) is 23.2. The topological polar surface area (TPSA) is 47.0 Å². The standard InChI is InChI=1S/C27H33N3O2S/c1-3-29(4-2)27(32)21-10-12-22(13-11-21)30(24-7-5-8-25(31)19-24)23-14-16-28(17-15-23)20-26-9-6-18-33-26/h5-13,18-19,23,31H,3-4,14-17,20H2,1-2H3. The van der Waals surface area contributed by atoms with Crippen molar-refractivity contribution in [3.8, 4) is 5.75 Å². The van der Waals surface area contributed by atoms with Crippen molar-refractivity contribution in [1.82, 2.24) is 9.80 Å². The number of amides is 1. The maximum atomic E-state index is 12.7. The quantitative estimate of drug-likeness (QED) is 0.463. The summed E-state index contributed by atoms with van der Waals surface area (Å²) in [7, 11) is 0. The van der Waals surface area contributed by atoms with Crippen molar-refractivity contribution >= 4 is 28.6 Å². The minimum atomic E-state index is 0.0670. The van der Waals surface area contributed by atoms with Gasteiger partial charge in [-0.05, 0) is 74.5 Å². The van der Waals surface area contributed by atoms with Crippen molar-refractivity contribution in [2.24, 2.45) is 0 Å². The fourth-order valence-corrected chi connectivity index (χ4v) is 5.38. The number of piperidine rings is 1. The first kappa shape index (κ1) is 23.3. The van der Waals surface area contributed by atoms with E-state index in [-0.39, 0.29) is 11.7 Å². The Morgan fingerprint density at radius 2 is 1.73 bits per heavy atom. The van der Waals surface area contributed by atoms with Gasteiger partial charge in [-0.2, -0.15) is 0 Å². The summed E-state index contributed by atoms with van der Waals surface area (Å²) < 4.78 is 0. The number of benzene rings is 2. The molecule has 0 bridgehead atoms.